The van der Waals surface area contributed by atoms with Crippen molar-refractivity contribution in [2.75, 3.05) is 13.1 Å². The Morgan fingerprint density at radius 1 is 1.44 bits per heavy atom. The Morgan fingerprint density at radius 3 is 2.89 bits per heavy atom. The Morgan fingerprint density at radius 2 is 2.22 bits per heavy atom. The third kappa shape index (κ3) is 2.91. The number of rotatable bonds is 4. The first-order chi connectivity index (χ1) is 8.60. The molecule has 1 aromatic carbocycles. The van der Waals surface area contributed by atoms with Gasteiger partial charge in [-0.2, -0.15) is 0 Å². The van der Waals surface area contributed by atoms with Crippen molar-refractivity contribution in [3.8, 4) is 0 Å². The summed E-state index contributed by atoms with van der Waals surface area (Å²) in [6, 6.07) is 6.67. The highest BCUT2D eigenvalue weighted by Gasteiger charge is 2.18. The fourth-order valence-corrected chi connectivity index (χ4v) is 2.50. The first-order valence-corrected chi connectivity index (χ1v) is 6.66. The number of carboxylic acid groups (broad SMARTS) is 1. The van der Waals surface area contributed by atoms with Crippen LogP contribution in [0, 0.1) is 0 Å². The molecule has 1 N–H and O–H groups in total. The van der Waals surface area contributed by atoms with Crippen molar-refractivity contribution in [2.24, 2.45) is 0 Å². The summed E-state index contributed by atoms with van der Waals surface area (Å²) in [7, 11) is 0. The Kier molecular flexibility index (Phi) is 4.02. The molecule has 0 aromatic heterocycles. The molecule has 1 aliphatic heterocycles. The van der Waals surface area contributed by atoms with Crippen LogP contribution in [0.1, 0.15) is 42.9 Å². The van der Waals surface area contributed by atoms with E-state index in [9.17, 15) is 4.79 Å². The number of carboxylic acids is 1. The monoisotopic (exact) mass is 247 g/mol. The van der Waals surface area contributed by atoms with Crippen LogP contribution in [0.3, 0.4) is 0 Å². The summed E-state index contributed by atoms with van der Waals surface area (Å²) in [5.41, 5.74) is 4.09. The molecular formula is C15H21NO2. The Bertz CT molecular complexity index is 442. The van der Waals surface area contributed by atoms with E-state index in [0.29, 0.717) is 5.92 Å². The molecule has 1 atom stereocenters. The van der Waals surface area contributed by atoms with E-state index in [0.717, 1.165) is 25.9 Å². The first-order valence-electron chi connectivity index (χ1n) is 6.66. The van der Waals surface area contributed by atoms with Crippen molar-refractivity contribution >= 4 is 5.97 Å². The number of aliphatic carboxylic acids is 1. The van der Waals surface area contributed by atoms with E-state index in [-0.39, 0.29) is 6.54 Å². The molecule has 1 heterocycles. The number of carbonyl (C=O) groups is 1. The summed E-state index contributed by atoms with van der Waals surface area (Å²) in [6.45, 7) is 6.22. The van der Waals surface area contributed by atoms with E-state index in [2.05, 4.69) is 32.0 Å². The van der Waals surface area contributed by atoms with E-state index in [1.807, 2.05) is 4.90 Å². The van der Waals surface area contributed by atoms with E-state index < -0.39 is 5.97 Å². The van der Waals surface area contributed by atoms with Crippen LogP contribution >= 0.6 is 0 Å². The molecule has 3 nitrogen and oxygen atoms in total. The lowest BCUT2D eigenvalue weighted by Gasteiger charge is -2.28. The fraction of sp³-hybridized carbons (Fsp3) is 0.533. The SMILES string of the molecule is CCC(C)c1ccc2c(c1)CCN(CC(=O)O)C2. The van der Waals surface area contributed by atoms with Crippen LogP contribution in [-0.4, -0.2) is 29.1 Å². The molecule has 3 heteroatoms. The van der Waals surface area contributed by atoms with E-state index in [1.165, 1.54) is 16.7 Å². The highest BCUT2D eigenvalue weighted by atomic mass is 16.4. The van der Waals surface area contributed by atoms with Crippen molar-refractivity contribution in [1.82, 2.24) is 4.90 Å². The van der Waals surface area contributed by atoms with Crippen molar-refractivity contribution < 1.29 is 9.90 Å². The van der Waals surface area contributed by atoms with E-state index in [4.69, 9.17) is 5.11 Å². The highest BCUT2D eigenvalue weighted by Crippen LogP contribution is 2.25. The summed E-state index contributed by atoms with van der Waals surface area (Å²) in [5, 5.41) is 8.82. The molecular weight excluding hydrogens is 226 g/mol. The standard InChI is InChI=1S/C15H21NO2/c1-3-11(2)12-4-5-14-9-16(10-15(17)18)7-6-13(14)8-12/h4-5,8,11H,3,6-7,9-10H2,1-2H3,(H,17,18). The third-order valence-corrected chi connectivity index (χ3v) is 3.86. The van der Waals surface area contributed by atoms with Crippen LogP contribution in [0.15, 0.2) is 18.2 Å². The minimum atomic E-state index is -0.741. The molecule has 0 aliphatic carbocycles. The van der Waals surface area contributed by atoms with Crippen LogP contribution in [0.4, 0.5) is 0 Å². The number of benzene rings is 1. The first kappa shape index (κ1) is 13.1. The zero-order valence-corrected chi connectivity index (χ0v) is 11.1. The van der Waals surface area contributed by atoms with Crippen molar-refractivity contribution in [3.05, 3.63) is 34.9 Å². The van der Waals surface area contributed by atoms with Gasteiger partial charge in [-0.25, -0.2) is 0 Å². The lowest BCUT2D eigenvalue weighted by molar-refractivity contribution is -0.138. The smallest absolute Gasteiger partial charge is 0.317 e. The van der Waals surface area contributed by atoms with Gasteiger partial charge in [-0.1, -0.05) is 32.0 Å². The van der Waals surface area contributed by atoms with Gasteiger partial charge in [0.2, 0.25) is 0 Å². The van der Waals surface area contributed by atoms with Gasteiger partial charge in [0.15, 0.2) is 0 Å². The van der Waals surface area contributed by atoms with Crippen LogP contribution in [0.25, 0.3) is 0 Å². The van der Waals surface area contributed by atoms with Crippen LogP contribution in [0.5, 0.6) is 0 Å². The maximum atomic E-state index is 10.7. The molecule has 0 fully saturated rings. The maximum Gasteiger partial charge on any atom is 0.317 e. The summed E-state index contributed by atoms with van der Waals surface area (Å²) >= 11 is 0. The van der Waals surface area contributed by atoms with E-state index >= 15 is 0 Å². The largest absolute Gasteiger partial charge is 0.480 e. The lowest BCUT2D eigenvalue weighted by atomic mass is 9.91. The zero-order valence-electron chi connectivity index (χ0n) is 11.1. The molecule has 2 rings (SSSR count). The molecule has 1 unspecified atom stereocenters. The number of hydrogen-bond donors (Lipinski definition) is 1. The van der Waals surface area contributed by atoms with Gasteiger partial charge in [0.25, 0.3) is 0 Å². The molecule has 0 saturated heterocycles. The molecule has 0 amide bonds. The lowest BCUT2D eigenvalue weighted by Crippen LogP contribution is -2.34. The summed E-state index contributed by atoms with van der Waals surface area (Å²) in [5.74, 6) is -0.137. The molecule has 98 valence electrons. The molecule has 0 spiro atoms. The van der Waals surface area contributed by atoms with Crippen molar-refractivity contribution in [2.45, 2.75) is 39.2 Å². The Labute approximate surface area is 108 Å². The number of fused-ring (bicyclic) bond motifs is 1. The van der Waals surface area contributed by atoms with Gasteiger partial charge >= 0.3 is 5.97 Å². The van der Waals surface area contributed by atoms with Gasteiger partial charge in [0.1, 0.15) is 0 Å². The predicted molar refractivity (Wildman–Crippen MR) is 71.8 cm³/mol. The number of nitrogens with zero attached hydrogens (tertiary/aromatic N) is 1. The summed E-state index contributed by atoms with van der Waals surface area (Å²) < 4.78 is 0. The molecule has 1 aliphatic rings. The minimum Gasteiger partial charge on any atom is -0.480 e. The Hall–Kier alpha value is -1.35. The van der Waals surface area contributed by atoms with Gasteiger partial charge in [-0.3, -0.25) is 9.69 Å². The fourth-order valence-electron chi connectivity index (χ4n) is 2.50. The van der Waals surface area contributed by atoms with Gasteiger partial charge in [-0.15, -0.1) is 0 Å². The summed E-state index contributed by atoms with van der Waals surface area (Å²) in [6.07, 6.45) is 2.12. The van der Waals surface area contributed by atoms with E-state index in [1.54, 1.807) is 0 Å². The van der Waals surface area contributed by atoms with Crippen LogP contribution in [-0.2, 0) is 17.8 Å². The average Bonchev–Trinajstić information content (AvgIpc) is 2.36. The summed E-state index contributed by atoms with van der Waals surface area (Å²) in [4.78, 5) is 12.7. The molecule has 0 bridgehead atoms. The number of hydrogen-bond acceptors (Lipinski definition) is 2. The average molecular weight is 247 g/mol. The van der Waals surface area contributed by atoms with Gasteiger partial charge in [-0.05, 0) is 35.4 Å². The van der Waals surface area contributed by atoms with Crippen LogP contribution < -0.4 is 0 Å². The Balaban J connectivity index is 2.13. The highest BCUT2D eigenvalue weighted by molar-refractivity contribution is 5.69. The zero-order chi connectivity index (χ0) is 13.1. The maximum absolute atomic E-state index is 10.7. The second-order valence-electron chi connectivity index (χ2n) is 5.19. The molecule has 0 saturated carbocycles. The second kappa shape index (κ2) is 5.53. The minimum absolute atomic E-state index is 0.145. The molecule has 1 aromatic rings. The van der Waals surface area contributed by atoms with Crippen LogP contribution in [0.2, 0.25) is 0 Å². The quantitative estimate of drug-likeness (QED) is 0.889. The van der Waals surface area contributed by atoms with Gasteiger partial charge < -0.3 is 5.11 Å². The third-order valence-electron chi connectivity index (χ3n) is 3.86. The topological polar surface area (TPSA) is 40.5 Å². The molecule has 0 radical (unpaired) electrons. The van der Waals surface area contributed by atoms with Gasteiger partial charge in [0, 0.05) is 13.1 Å². The normalized spacial score (nSPS) is 17.2. The van der Waals surface area contributed by atoms with Crippen molar-refractivity contribution in [3.63, 3.8) is 0 Å². The predicted octanol–water partition coefficient (Wildman–Crippen LogP) is 2.64. The molecule has 18 heavy (non-hydrogen) atoms. The van der Waals surface area contributed by atoms with Gasteiger partial charge in [0.05, 0.1) is 6.54 Å². The second-order valence-corrected chi connectivity index (χ2v) is 5.19. The van der Waals surface area contributed by atoms with Crippen molar-refractivity contribution in [1.29, 1.82) is 0 Å².